The van der Waals surface area contributed by atoms with Crippen LogP contribution in [0.15, 0.2) is 24.3 Å². The third-order valence-electron chi connectivity index (χ3n) is 3.61. The maximum atomic E-state index is 5.99. The predicted molar refractivity (Wildman–Crippen MR) is 62.1 cm³/mol. The van der Waals surface area contributed by atoms with Gasteiger partial charge in [-0.05, 0) is 36.0 Å². The van der Waals surface area contributed by atoms with Gasteiger partial charge < -0.3 is 10.5 Å². The lowest BCUT2D eigenvalue weighted by Crippen LogP contribution is -2.45. The molecular formula is C13H19NO. The van der Waals surface area contributed by atoms with Gasteiger partial charge in [-0.15, -0.1) is 0 Å². The van der Waals surface area contributed by atoms with Crippen LogP contribution in [0.4, 0.5) is 0 Å². The van der Waals surface area contributed by atoms with Crippen molar-refractivity contribution in [2.24, 2.45) is 11.7 Å². The van der Waals surface area contributed by atoms with Crippen LogP contribution in [-0.2, 0) is 0 Å². The van der Waals surface area contributed by atoms with E-state index in [9.17, 15) is 0 Å². The first-order valence-corrected chi connectivity index (χ1v) is 5.65. The van der Waals surface area contributed by atoms with Crippen molar-refractivity contribution >= 4 is 0 Å². The summed E-state index contributed by atoms with van der Waals surface area (Å²) in [5.41, 5.74) is 7.40. The van der Waals surface area contributed by atoms with Crippen LogP contribution in [0.1, 0.15) is 31.2 Å². The average molecular weight is 205 g/mol. The summed E-state index contributed by atoms with van der Waals surface area (Å²) in [4.78, 5) is 0. The maximum Gasteiger partial charge on any atom is 0.118 e. The standard InChI is InChI=1S/C13H19NO/c1-3-11-12(8-13(11)14)9-4-6-10(15-2)7-5-9/h4-7,11-13H,3,8,14H2,1-2H3. The molecule has 1 aliphatic rings. The molecular weight excluding hydrogens is 186 g/mol. The highest BCUT2D eigenvalue weighted by Gasteiger charge is 2.37. The monoisotopic (exact) mass is 205 g/mol. The zero-order valence-electron chi connectivity index (χ0n) is 9.44. The van der Waals surface area contributed by atoms with Crippen LogP contribution in [-0.4, -0.2) is 13.2 Å². The molecule has 0 heterocycles. The first-order valence-electron chi connectivity index (χ1n) is 5.65. The maximum absolute atomic E-state index is 5.99. The van der Waals surface area contributed by atoms with Gasteiger partial charge in [0, 0.05) is 6.04 Å². The Hall–Kier alpha value is -1.02. The summed E-state index contributed by atoms with van der Waals surface area (Å²) in [6, 6.07) is 8.80. The smallest absolute Gasteiger partial charge is 0.118 e. The van der Waals surface area contributed by atoms with Gasteiger partial charge in [0.1, 0.15) is 5.75 Å². The Kier molecular flexibility index (Phi) is 2.96. The summed E-state index contributed by atoms with van der Waals surface area (Å²) in [6.45, 7) is 2.22. The van der Waals surface area contributed by atoms with E-state index < -0.39 is 0 Å². The first kappa shape index (κ1) is 10.5. The highest BCUT2D eigenvalue weighted by Crippen LogP contribution is 2.43. The average Bonchev–Trinajstić information content (AvgIpc) is 2.26. The van der Waals surface area contributed by atoms with Crippen molar-refractivity contribution in [1.29, 1.82) is 0 Å². The van der Waals surface area contributed by atoms with Gasteiger partial charge in [-0.3, -0.25) is 0 Å². The molecule has 0 saturated heterocycles. The van der Waals surface area contributed by atoms with Crippen LogP contribution in [0, 0.1) is 5.92 Å². The normalized spacial score (nSPS) is 29.7. The van der Waals surface area contributed by atoms with E-state index in [1.807, 2.05) is 12.1 Å². The van der Waals surface area contributed by atoms with Gasteiger partial charge in [-0.1, -0.05) is 25.5 Å². The number of rotatable bonds is 3. The number of benzene rings is 1. The molecule has 1 saturated carbocycles. The number of methoxy groups -OCH3 is 1. The molecule has 1 aromatic rings. The van der Waals surface area contributed by atoms with Gasteiger partial charge in [-0.2, -0.15) is 0 Å². The third kappa shape index (κ3) is 1.86. The summed E-state index contributed by atoms with van der Waals surface area (Å²) >= 11 is 0. The van der Waals surface area contributed by atoms with Crippen LogP contribution in [0.25, 0.3) is 0 Å². The van der Waals surface area contributed by atoms with E-state index in [2.05, 4.69) is 19.1 Å². The Morgan fingerprint density at radius 3 is 2.47 bits per heavy atom. The van der Waals surface area contributed by atoms with E-state index in [1.54, 1.807) is 7.11 Å². The van der Waals surface area contributed by atoms with Crippen LogP contribution in [0.3, 0.4) is 0 Å². The van der Waals surface area contributed by atoms with Crippen molar-refractivity contribution in [1.82, 2.24) is 0 Å². The van der Waals surface area contributed by atoms with Gasteiger partial charge in [-0.25, -0.2) is 0 Å². The molecule has 0 aromatic heterocycles. The van der Waals surface area contributed by atoms with Gasteiger partial charge in [0.25, 0.3) is 0 Å². The lowest BCUT2D eigenvalue weighted by Gasteiger charge is -2.42. The molecule has 2 rings (SSSR count). The van der Waals surface area contributed by atoms with E-state index in [0.717, 1.165) is 12.2 Å². The van der Waals surface area contributed by atoms with Gasteiger partial charge in [0.2, 0.25) is 0 Å². The Labute approximate surface area is 91.4 Å². The Bertz CT molecular complexity index is 320. The molecule has 1 fully saturated rings. The minimum absolute atomic E-state index is 0.405. The fraction of sp³-hybridized carbons (Fsp3) is 0.538. The fourth-order valence-electron chi connectivity index (χ4n) is 2.57. The molecule has 0 radical (unpaired) electrons. The SMILES string of the molecule is CCC1C(N)CC1c1ccc(OC)cc1. The molecule has 0 aliphatic heterocycles. The minimum atomic E-state index is 0.405. The van der Waals surface area contributed by atoms with E-state index in [0.29, 0.717) is 17.9 Å². The van der Waals surface area contributed by atoms with Gasteiger partial charge in [0.15, 0.2) is 0 Å². The molecule has 1 aromatic carbocycles. The highest BCUT2D eigenvalue weighted by atomic mass is 16.5. The van der Waals surface area contributed by atoms with E-state index >= 15 is 0 Å². The van der Waals surface area contributed by atoms with Crippen molar-refractivity contribution in [2.45, 2.75) is 31.7 Å². The second kappa shape index (κ2) is 4.23. The molecule has 0 amide bonds. The van der Waals surface area contributed by atoms with Crippen LogP contribution in [0.5, 0.6) is 5.75 Å². The van der Waals surface area contributed by atoms with Crippen LogP contribution in [0.2, 0.25) is 0 Å². The molecule has 15 heavy (non-hydrogen) atoms. The first-order chi connectivity index (χ1) is 7.26. The third-order valence-corrected chi connectivity index (χ3v) is 3.61. The number of hydrogen-bond donors (Lipinski definition) is 1. The molecule has 1 aliphatic carbocycles. The van der Waals surface area contributed by atoms with Crippen molar-refractivity contribution in [3.63, 3.8) is 0 Å². The molecule has 2 N–H and O–H groups in total. The molecule has 0 bridgehead atoms. The Morgan fingerprint density at radius 2 is 2.00 bits per heavy atom. The van der Waals surface area contributed by atoms with Crippen LogP contribution < -0.4 is 10.5 Å². The quantitative estimate of drug-likeness (QED) is 0.823. The molecule has 3 unspecified atom stereocenters. The predicted octanol–water partition coefficient (Wildman–Crippen LogP) is 2.54. The fourth-order valence-corrected chi connectivity index (χ4v) is 2.57. The second-order valence-electron chi connectivity index (χ2n) is 4.35. The Balaban J connectivity index is 2.10. The largest absolute Gasteiger partial charge is 0.497 e. The number of hydrogen-bond acceptors (Lipinski definition) is 2. The zero-order valence-corrected chi connectivity index (χ0v) is 9.44. The number of nitrogens with two attached hydrogens (primary N) is 1. The molecule has 0 spiro atoms. The Morgan fingerprint density at radius 1 is 1.33 bits per heavy atom. The second-order valence-corrected chi connectivity index (χ2v) is 4.35. The lowest BCUT2D eigenvalue weighted by molar-refractivity contribution is 0.198. The summed E-state index contributed by atoms with van der Waals surface area (Å²) < 4.78 is 5.15. The molecule has 82 valence electrons. The topological polar surface area (TPSA) is 35.2 Å². The molecule has 2 heteroatoms. The highest BCUT2D eigenvalue weighted by molar-refractivity contribution is 5.31. The number of ether oxygens (including phenoxy) is 1. The van der Waals surface area contributed by atoms with Crippen molar-refractivity contribution < 1.29 is 4.74 Å². The van der Waals surface area contributed by atoms with E-state index in [-0.39, 0.29) is 0 Å². The van der Waals surface area contributed by atoms with Crippen molar-refractivity contribution in [2.75, 3.05) is 7.11 Å². The summed E-state index contributed by atoms with van der Waals surface area (Å²) in [5.74, 6) is 2.25. The summed E-state index contributed by atoms with van der Waals surface area (Å²) in [6.07, 6.45) is 2.31. The zero-order chi connectivity index (χ0) is 10.8. The van der Waals surface area contributed by atoms with Crippen molar-refractivity contribution in [3.05, 3.63) is 29.8 Å². The summed E-state index contributed by atoms with van der Waals surface area (Å²) in [5, 5.41) is 0. The summed E-state index contributed by atoms with van der Waals surface area (Å²) in [7, 11) is 1.70. The van der Waals surface area contributed by atoms with E-state index in [1.165, 1.54) is 12.0 Å². The minimum Gasteiger partial charge on any atom is -0.497 e. The van der Waals surface area contributed by atoms with E-state index in [4.69, 9.17) is 10.5 Å². The van der Waals surface area contributed by atoms with Crippen LogP contribution >= 0.6 is 0 Å². The van der Waals surface area contributed by atoms with Crippen molar-refractivity contribution in [3.8, 4) is 5.75 Å². The lowest BCUT2D eigenvalue weighted by atomic mass is 9.65. The molecule has 3 atom stereocenters. The molecule has 2 nitrogen and oxygen atoms in total. The van der Waals surface area contributed by atoms with Gasteiger partial charge >= 0.3 is 0 Å². The van der Waals surface area contributed by atoms with Gasteiger partial charge in [0.05, 0.1) is 7.11 Å².